The summed E-state index contributed by atoms with van der Waals surface area (Å²) in [7, 11) is 0. The molecule has 1 saturated carbocycles. The van der Waals surface area contributed by atoms with E-state index >= 15 is 0 Å². The third kappa shape index (κ3) is 2.98. The van der Waals surface area contributed by atoms with Crippen molar-refractivity contribution < 1.29 is 5.11 Å². The van der Waals surface area contributed by atoms with Crippen LogP contribution in [0.15, 0.2) is 24.3 Å². The molecule has 88 valence electrons. The van der Waals surface area contributed by atoms with E-state index in [4.69, 9.17) is 0 Å². The van der Waals surface area contributed by atoms with Gasteiger partial charge in [-0.05, 0) is 43.2 Å². The summed E-state index contributed by atoms with van der Waals surface area (Å²) in [5.41, 5.74) is 2.38. The van der Waals surface area contributed by atoms with E-state index in [9.17, 15) is 5.11 Å². The van der Waals surface area contributed by atoms with Crippen LogP contribution in [0.2, 0.25) is 0 Å². The Labute approximate surface area is 111 Å². The van der Waals surface area contributed by atoms with Crippen molar-refractivity contribution in [2.75, 3.05) is 0 Å². The minimum atomic E-state index is -0.417. The Hall–Kier alpha value is -0.0900. The molecule has 0 aromatic heterocycles. The molecule has 2 heteroatoms. The van der Waals surface area contributed by atoms with E-state index in [1.165, 1.54) is 11.1 Å². The molecule has 1 nitrogen and oxygen atoms in total. The second kappa shape index (κ2) is 4.65. The van der Waals surface area contributed by atoms with Crippen molar-refractivity contribution in [1.82, 2.24) is 0 Å². The minimum Gasteiger partial charge on any atom is -0.390 e. The monoisotopic (exact) mass is 330 g/mol. The molecule has 1 aliphatic rings. The Balaban J connectivity index is 1.98. The summed E-state index contributed by atoms with van der Waals surface area (Å²) in [6.07, 6.45) is 2.97. The maximum atomic E-state index is 9.72. The molecule has 1 atom stereocenters. The van der Waals surface area contributed by atoms with Gasteiger partial charge in [0, 0.05) is 3.92 Å². The molecule has 0 spiro atoms. The molecule has 2 rings (SSSR count). The van der Waals surface area contributed by atoms with E-state index in [0.29, 0.717) is 9.84 Å². The van der Waals surface area contributed by atoms with Crippen LogP contribution in [0.1, 0.15) is 43.7 Å². The van der Waals surface area contributed by atoms with Crippen LogP contribution in [0, 0.1) is 0 Å². The summed E-state index contributed by atoms with van der Waals surface area (Å²) >= 11 is 2.46. The number of aliphatic hydroxyl groups is 1. The van der Waals surface area contributed by atoms with E-state index in [0.717, 1.165) is 19.3 Å². The first-order chi connectivity index (χ1) is 7.46. The van der Waals surface area contributed by atoms with Gasteiger partial charge in [0.05, 0.1) is 5.60 Å². The first-order valence-corrected chi connectivity index (χ1v) is 7.16. The van der Waals surface area contributed by atoms with Crippen molar-refractivity contribution in [1.29, 1.82) is 0 Å². The number of alkyl halides is 1. The van der Waals surface area contributed by atoms with Crippen LogP contribution in [0.3, 0.4) is 0 Å². The van der Waals surface area contributed by atoms with Gasteiger partial charge in [-0.1, -0.05) is 53.8 Å². The fourth-order valence-corrected chi connectivity index (χ4v) is 3.00. The van der Waals surface area contributed by atoms with E-state index < -0.39 is 5.60 Å². The molecule has 0 aliphatic heterocycles. The molecule has 0 heterocycles. The Bertz CT molecular complexity index is 346. The fourth-order valence-electron chi connectivity index (χ4n) is 2.49. The van der Waals surface area contributed by atoms with Gasteiger partial charge in [0.25, 0.3) is 0 Å². The fraction of sp³-hybridized carbons (Fsp3) is 0.571. The standard InChI is InChI=1S/C14H19IO/c1-10(15)7-11-3-5-12(6-4-11)13-8-14(2,16)9-13/h3-6,10,13,16H,7-9H2,1-2H3. The lowest BCUT2D eigenvalue weighted by molar-refractivity contribution is -0.0313. The molecule has 1 aromatic rings. The van der Waals surface area contributed by atoms with Crippen LogP contribution in [-0.2, 0) is 6.42 Å². The summed E-state index contributed by atoms with van der Waals surface area (Å²) < 4.78 is 0.688. The topological polar surface area (TPSA) is 20.2 Å². The van der Waals surface area contributed by atoms with Crippen molar-refractivity contribution in [3.05, 3.63) is 35.4 Å². The highest BCUT2D eigenvalue weighted by atomic mass is 127. The average Bonchev–Trinajstić information content (AvgIpc) is 2.14. The van der Waals surface area contributed by atoms with Gasteiger partial charge in [-0.25, -0.2) is 0 Å². The smallest absolute Gasteiger partial charge is 0.0631 e. The molecule has 1 aromatic carbocycles. The van der Waals surface area contributed by atoms with Crippen molar-refractivity contribution in [3.8, 4) is 0 Å². The summed E-state index contributed by atoms with van der Waals surface area (Å²) in [6.45, 7) is 4.16. The van der Waals surface area contributed by atoms with Crippen molar-refractivity contribution in [3.63, 3.8) is 0 Å². The van der Waals surface area contributed by atoms with Crippen molar-refractivity contribution in [2.24, 2.45) is 0 Å². The highest BCUT2D eigenvalue weighted by Crippen LogP contribution is 2.44. The molecule has 0 bridgehead atoms. The number of halogens is 1. The minimum absolute atomic E-state index is 0.417. The number of rotatable bonds is 3. The lowest BCUT2D eigenvalue weighted by atomic mass is 9.69. The van der Waals surface area contributed by atoms with Gasteiger partial charge in [-0.3, -0.25) is 0 Å². The maximum Gasteiger partial charge on any atom is 0.0631 e. The van der Waals surface area contributed by atoms with Crippen LogP contribution in [0.4, 0.5) is 0 Å². The normalized spacial score (nSPS) is 30.9. The highest BCUT2D eigenvalue weighted by Gasteiger charge is 2.38. The molecular formula is C14H19IO. The quantitative estimate of drug-likeness (QED) is 0.662. The number of hydrogen-bond donors (Lipinski definition) is 1. The second-order valence-corrected chi connectivity index (χ2v) is 7.46. The highest BCUT2D eigenvalue weighted by molar-refractivity contribution is 14.1. The average molecular weight is 330 g/mol. The maximum absolute atomic E-state index is 9.72. The van der Waals surface area contributed by atoms with Crippen LogP contribution in [0.5, 0.6) is 0 Å². The van der Waals surface area contributed by atoms with E-state index in [1.807, 2.05) is 6.92 Å². The predicted octanol–water partition coefficient (Wildman–Crippen LogP) is 3.68. The Morgan fingerprint density at radius 3 is 2.38 bits per heavy atom. The lowest BCUT2D eigenvalue weighted by Gasteiger charge is -2.41. The Kier molecular flexibility index (Phi) is 3.59. The van der Waals surface area contributed by atoms with E-state index in [2.05, 4.69) is 53.8 Å². The number of benzene rings is 1. The molecule has 1 aliphatic carbocycles. The third-order valence-electron chi connectivity index (χ3n) is 3.34. The zero-order chi connectivity index (χ0) is 11.8. The third-order valence-corrected chi connectivity index (χ3v) is 3.78. The molecule has 1 unspecified atom stereocenters. The first kappa shape index (κ1) is 12.4. The van der Waals surface area contributed by atoms with Gasteiger partial charge in [0.1, 0.15) is 0 Å². The van der Waals surface area contributed by atoms with Crippen LogP contribution in [-0.4, -0.2) is 14.6 Å². The zero-order valence-corrected chi connectivity index (χ0v) is 12.1. The van der Waals surface area contributed by atoms with Gasteiger partial charge < -0.3 is 5.11 Å². The van der Waals surface area contributed by atoms with Gasteiger partial charge in [-0.2, -0.15) is 0 Å². The van der Waals surface area contributed by atoms with Crippen LogP contribution < -0.4 is 0 Å². The second-order valence-electron chi connectivity index (χ2n) is 5.33. The summed E-state index contributed by atoms with van der Waals surface area (Å²) in [5, 5.41) is 9.72. The first-order valence-electron chi connectivity index (χ1n) is 5.91. The van der Waals surface area contributed by atoms with E-state index in [-0.39, 0.29) is 0 Å². The summed E-state index contributed by atoms with van der Waals surface area (Å²) in [5.74, 6) is 0.570. The lowest BCUT2D eigenvalue weighted by Crippen LogP contribution is -2.39. The molecule has 0 saturated heterocycles. The molecule has 1 fully saturated rings. The van der Waals surface area contributed by atoms with E-state index in [1.54, 1.807) is 0 Å². The van der Waals surface area contributed by atoms with Crippen LogP contribution in [0.25, 0.3) is 0 Å². The molecule has 0 radical (unpaired) electrons. The molecule has 1 N–H and O–H groups in total. The molecular weight excluding hydrogens is 311 g/mol. The predicted molar refractivity (Wildman–Crippen MR) is 76.2 cm³/mol. The number of hydrogen-bond acceptors (Lipinski definition) is 1. The van der Waals surface area contributed by atoms with Gasteiger partial charge in [0.2, 0.25) is 0 Å². The summed E-state index contributed by atoms with van der Waals surface area (Å²) in [4.78, 5) is 0. The molecule has 16 heavy (non-hydrogen) atoms. The van der Waals surface area contributed by atoms with Gasteiger partial charge in [0.15, 0.2) is 0 Å². The van der Waals surface area contributed by atoms with Gasteiger partial charge >= 0.3 is 0 Å². The van der Waals surface area contributed by atoms with Crippen molar-refractivity contribution >= 4 is 22.6 Å². The zero-order valence-electron chi connectivity index (χ0n) is 9.91. The Morgan fingerprint density at radius 1 is 1.38 bits per heavy atom. The Morgan fingerprint density at radius 2 is 1.94 bits per heavy atom. The van der Waals surface area contributed by atoms with Crippen LogP contribution >= 0.6 is 22.6 Å². The van der Waals surface area contributed by atoms with Gasteiger partial charge in [-0.15, -0.1) is 0 Å². The molecule has 0 amide bonds. The van der Waals surface area contributed by atoms with Crippen molar-refractivity contribution in [2.45, 2.75) is 48.6 Å². The summed E-state index contributed by atoms with van der Waals surface area (Å²) in [6, 6.07) is 8.93. The SMILES string of the molecule is CC(I)Cc1ccc(C2CC(C)(O)C2)cc1. The largest absolute Gasteiger partial charge is 0.390 e.